The summed E-state index contributed by atoms with van der Waals surface area (Å²) in [6.07, 6.45) is 5.29. The number of anilines is 1. The molecule has 0 aliphatic carbocycles. The van der Waals surface area contributed by atoms with Crippen LogP contribution in [0, 0.1) is 13.8 Å². The summed E-state index contributed by atoms with van der Waals surface area (Å²) in [5.74, 6) is 1.47. The normalized spacial score (nSPS) is 15.5. The highest BCUT2D eigenvalue weighted by Gasteiger charge is 2.20. The molecule has 1 aliphatic rings. The van der Waals surface area contributed by atoms with Crippen molar-refractivity contribution in [1.82, 2.24) is 25.1 Å². The van der Waals surface area contributed by atoms with Crippen LogP contribution in [0.1, 0.15) is 42.1 Å². The maximum Gasteiger partial charge on any atom is 0.146 e. The maximum absolute atomic E-state index is 6.45. The van der Waals surface area contributed by atoms with Gasteiger partial charge in [0, 0.05) is 34.9 Å². The molecule has 1 fully saturated rings. The minimum Gasteiger partial charge on any atom is -0.488 e. The van der Waals surface area contributed by atoms with Gasteiger partial charge in [-0.3, -0.25) is 0 Å². The first-order valence-electron chi connectivity index (χ1n) is 11.1. The molecule has 1 aromatic carbocycles. The second-order valence-electron chi connectivity index (χ2n) is 8.26. The topological polar surface area (TPSA) is 94.9 Å². The van der Waals surface area contributed by atoms with Crippen molar-refractivity contribution in [3.8, 4) is 16.3 Å². The predicted octanol–water partition coefficient (Wildman–Crippen LogP) is 4.89. The highest BCUT2D eigenvalue weighted by atomic mass is 32.1. The zero-order valence-electron chi connectivity index (χ0n) is 18.9. The van der Waals surface area contributed by atoms with Crippen LogP contribution in [0.25, 0.3) is 21.5 Å². The Labute approximate surface area is 196 Å². The molecule has 0 spiro atoms. The minimum absolute atomic E-state index is 0.0816. The van der Waals surface area contributed by atoms with Crippen LogP contribution in [0.15, 0.2) is 36.8 Å². The van der Waals surface area contributed by atoms with Gasteiger partial charge in [0.1, 0.15) is 34.5 Å². The number of ether oxygens (including phenoxy) is 2. The third kappa shape index (κ3) is 4.79. The van der Waals surface area contributed by atoms with Crippen LogP contribution in [-0.2, 0) is 4.74 Å². The molecule has 1 aliphatic heterocycles. The molecule has 1 N–H and O–H groups in total. The lowest BCUT2D eigenvalue weighted by molar-refractivity contribution is 0.0261. The summed E-state index contributed by atoms with van der Waals surface area (Å²) in [5.41, 5.74) is 3.50. The summed E-state index contributed by atoms with van der Waals surface area (Å²) >= 11 is 1.66. The van der Waals surface area contributed by atoms with E-state index in [1.165, 1.54) is 0 Å². The van der Waals surface area contributed by atoms with E-state index in [1.54, 1.807) is 17.7 Å². The Kier molecular flexibility index (Phi) is 6.15. The molecule has 33 heavy (non-hydrogen) atoms. The number of nitrogens with zero attached hydrogens (tertiary/aromatic N) is 5. The van der Waals surface area contributed by atoms with E-state index < -0.39 is 0 Å². The van der Waals surface area contributed by atoms with Gasteiger partial charge in [0.15, 0.2) is 0 Å². The number of nitrogens with one attached hydrogen (secondary N) is 1. The van der Waals surface area contributed by atoms with Gasteiger partial charge in [-0.15, -0.1) is 11.3 Å². The molecule has 0 bridgehead atoms. The van der Waals surface area contributed by atoms with Crippen molar-refractivity contribution >= 4 is 28.1 Å². The fourth-order valence-corrected chi connectivity index (χ4v) is 4.60. The number of fused-ring (bicyclic) bond motifs is 1. The molecule has 1 saturated heterocycles. The lowest BCUT2D eigenvalue weighted by Gasteiger charge is -2.24. The van der Waals surface area contributed by atoms with E-state index in [-0.39, 0.29) is 12.1 Å². The molecule has 0 radical (unpaired) electrons. The Morgan fingerprint density at radius 3 is 2.67 bits per heavy atom. The van der Waals surface area contributed by atoms with Crippen LogP contribution in [0.5, 0.6) is 5.75 Å². The minimum atomic E-state index is -0.0816. The average Bonchev–Trinajstić information content (AvgIpc) is 3.27. The highest BCUT2D eigenvalue weighted by molar-refractivity contribution is 7.14. The fraction of sp³-hybridized carbons (Fsp3) is 0.375. The van der Waals surface area contributed by atoms with E-state index in [0.29, 0.717) is 13.2 Å². The van der Waals surface area contributed by atoms with E-state index in [2.05, 4.69) is 43.5 Å². The Balaban J connectivity index is 1.56. The van der Waals surface area contributed by atoms with Crippen LogP contribution >= 0.6 is 11.3 Å². The van der Waals surface area contributed by atoms with E-state index in [9.17, 15) is 0 Å². The van der Waals surface area contributed by atoms with E-state index >= 15 is 0 Å². The number of aromatic nitrogens is 5. The smallest absolute Gasteiger partial charge is 0.146 e. The summed E-state index contributed by atoms with van der Waals surface area (Å²) < 4.78 is 11.9. The molecule has 1 unspecified atom stereocenters. The molecule has 3 aromatic heterocycles. The Bertz CT molecular complexity index is 1250. The van der Waals surface area contributed by atoms with Gasteiger partial charge in [0.2, 0.25) is 0 Å². The Hall–Kier alpha value is -3.17. The molecule has 0 amide bonds. The predicted molar refractivity (Wildman–Crippen MR) is 129 cm³/mol. The van der Waals surface area contributed by atoms with Gasteiger partial charge < -0.3 is 14.8 Å². The molecule has 4 aromatic rings. The van der Waals surface area contributed by atoms with E-state index in [1.807, 2.05) is 38.2 Å². The molecular weight excluding hydrogens is 436 g/mol. The average molecular weight is 463 g/mol. The molecule has 170 valence electrons. The quantitative estimate of drug-likeness (QED) is 0.433. The van der Waals surface area contributed by atoms with Crippen LogP contribution in [0.3, 0.4) is 0 Å². The lowest BCUT2D eigenvalue weighted by Crippen LogP contribution is -2.26. The van der Waals surface area contributed by atoms with E-state index in [4.69, 9.17) is 9.47 Å². The third-order valence-electron chi connectivity index (χ3n) is 5.65. The first-order valence-corrected chi connectivity index (χ1v) is 11.9. The van der Waals surface area contributed by atoms with Gasteiger partial charge in [-0.2, -0.15) is 10.2 Å². The largest absolute Gasteiger partial charge is 0.488 e. The van der Waals surface area contributed by atoms with E-state index in [0.717, 1.165) is 62.1 Å². The van der Waals surface area contributed by atoms with Gasteiger partial charge in [-0.25, -0.2) is 15.0 Å². The molecule has 9 heteroatoms. The zero-order chi connectivity index (χ0) is 22.8. The van der Waals surface area contributed by atoms with Crippen LogP contribution in [0.2, 0.25) is 0 Å². The number of rotatable bonds is 6. The SMILES string of the molecule is Cc1ccc(C(C)Nc2ncnc3c(OC4CCOCC4)cc(-c4ncc(C)s4)cc23)nn1. The second kappa shape index (κ2) is 9.36. The van der Waals surface area contributed by atoms with Crippen LogP contribution in [0.4, 0.5) is 5.82 Å². The number of aryl methyl sites for hydroxylation is 2. The molecule has 0 saturated carbocycles. The summed E-state index contributed by atoms with van der Waals surface area (Å²) in [6, 6.07) is 7.98. The second-order valence-corrected chi connectivity index (χ2v) is 9.50. The van der Waals surface area contributed by atoms with Crippen molar-refractivity contribution in [2.75, 3.05) is 18.5 Å². The van der Waals surface area contributed by atoms with Gasteiger partial charge in [0.25, 0.3) is 0 Å². The molecule has 4 heterocycles. The third-order valence-corrected chi connectivity index (χ3v) is 6.61. The number of benzene rings is 1. The number of hydrogen-bond acceptors (Lipinski definition) is 9. The van der Waals surface area contributed by atoms with Gasteiger partial charge in [-0.05, 0) is 45.0 Å². The van der Waals surface area contributed by atoms with Crippen LogP contribution in [-0.4, -0.2) is 44.5 Å². The molecule has 5 rings (SSSR count). The molecule has 1 atom stereocenters. The number of thiazole rings is 1. The monoisotopic (exact) mass is 462 g/mol. The van der Waals surface area contributed by atoms with Crippen molar-refractivity contribution in [2.24, 2.45) is 0 Å². The van der Waals surface area contributed by atoms with Gasteiger partial charge >= 0.3 is 0 Å². The van der Waals surface area contributed by atoms with Crippen molar-refractivity contribution < 1.29 is 9.47 Å². The van der Waals surface area contributed by atoms with Gasteiger partial charge in [-0.1, -0.05) is 0 Å². The summed E-state index contributed by atoms with van der Waals surface area (Å²) in [4.78, 5) is 14.9. The fourth-order valence-electron chi connectivity index (χ4n) is 3.84. The zero-order valence-corrected chi connectivity index (χ0v) is 19.7. The lowest BCUT2D eigenvalue weighted by atomic mass is 10.1. The van der Waals surface area contributed by atoms with Gasteiger partial charge in [0.05, 0.1) is 30.6 Å². The van der Waals surface area contributed by atoms with Crippen molar-refractivity contribution in [3.05, 3.63) is 53.1 Å². The molecule has 8 nitrogen and oxygen atoms in total. The Morgan fingerprint density at radius 1 is 1.09 bits per heavy atom. The standard InChI is InChI=1S/C24H26N6O2S/c1-14-4-5-20(30-29-14)16(3)28-23-19-10-17(24-25-12-15(2)33-24)11-21(22(19)26-13-27-23)32-18-6-8-31-9-7-18/h4-5,10-13,16,18H,6-9H2,1-3H3,(H,26,27,28). The summed E-state index contributed by atoms with van der Waals surface area (Å²) in [5, 5.41) is 13.8. The first kappa shape index (κ1) is 21.7. The van der Waals surface area contributed by atoms with Crippen molar-refractivity contribution in [3.63, 3.8) is 0 Å². The summed E-state index contributed by atoms with van der Waals surface area (Å²) in [7, 11) is 0. The van der Waals surface area contributed by atoms with Crippen molar-refractivity contribution in [2.45, 2.75) is 45.8 Å². The first-order chi connectivity index (χ1) is 16.1. The Morgan fingerprint density at radius 2 is 1.94 bits per heavy atom. The van der Waals surface area contributed by atoms with Crippen LogP contribution < -0.4 is 10.1 Å². The highest BCUT2D eigenvalue weighted by Crippen LogP contribution is 2.37. The number of hydrogen-bond donors (Lipinski definition) is 1. The molecular formula is C24H26N6O2S. The summed E-state index contributed by atoms with van der Waals surface area (Å²) in [6.45, 7) is 7.45. The maximum atomic E-state index is 6.45. The van der Waals surface area contributed by atoms with Crippen molar-refractivity contribution in [1.29, 1.82) is 0 Å².